The molecule has 0 aliphatic heterocycles. The van der Waals surface area contributed by atoms with Gasteiger partial charge in [0.15, 0.2) is 11.7 Å². The van der Waals surface area contributed by atoms with Crippen LogP contribution in [0.3, 0.4) is 0 Å². The lowest BCUT2D eigenvalue weighted by atomic mass is 10.2. The van der Waals surface area contributed by atoms with Gasteiger partial charge in [-0.25, -0.2) is 0 Å². The number of halogens is 1. The summed E-state index contributed by atoms with van der Waals surface area (Å²) in [6, 6.07) is 9.53. The van der Waals surface area contributed by atoms with Crippen molar-refractivity contribution in [3.63, 3.8) is 0 Å². The highest BCUT2D eigenvalue weighted by molar-refractivity contribution is 6.31. The lowest BCUT2D eigenvalue weighted by Crippen LogP contribution is -2.39. The summed E-state index contributed by atoms with van der Waals surface area (Å²) in [4.78, 5) is 18.2. The van der Waals surface area contributed by atoms with Gasteiger partial charge in [-0.1, -0.05) is 29.8 Å². The largest absolute Gasteiger partial charge is 0.459 e. The lowest BCUT2D eigenvalue weighted by Gasteiger charge is -2.22. The molecule has 0 aliphatic carbocycles. The Kier molecular flexibility index (Phi) is 7.53. The number of furan rings is 1. The van der Waals surface area contributed by atoms with Crippen molar-refractivity contribution in [1.29, 1.82) is 0 Å². The molecule has 140 valence electrons. The molecule has 1 heterocycles. The Labute approximate surface area is 159 Å². The van der Waals surface area contributed by atoms with Crippen LogP contribution in [0.1, 0.15) is 28.1 Å². The fourth-order valence-electron chi connectivity index (χ4n) is 2.52. The van der Waals surface area contributed by atoms with Crippen LogP contribution in [-0.4, -0.2) is 44.0 Å². The summed E-state index contributed by atoms with van der Waals surface area (Å²) in [5, 5.41) is 6.88. The predicted molar refractivity (Wildman–Crippen MR) is 105 cm³/mol. The average Bonchev–Trinajstić information content (AvgIpc) is 3.06. The molecule has 0 saturated heterocycles. The first-order valence-electron chi connectivity index (χ1n) is 8.50. The van der Waals surface area contributed by atoms with Gasteiger partial charge in [-0.3, -0.25) is 9.79 Å². The first kappa shape index (κ1) is 19.8. The number of aryl methyl sites for hydroxylation is 1. The number of carbonyl (C=O) groups excluding carboxylic acids is 1. The highest BCUT2D eigenvalue weighted by Crippen LogP contribution is 2.16. The number of hydrogen-bond donors (Lipinski definition) is 2. The Hall–Kier alpha value is -2.47. The second-order valence-corrected chi connectivity index (χ2v) is 6.37. The molecule has 0 saturated carbocycles. The van der Waals surface area contributed by atoms with Crippen LogP contribution in [0.25, 0.3) is 0 Å². The number of nitrogens with one attached hydrogen (secondary N) is 2. The van der Waals surface area contributed by atoms with E-state index >= 15 is 0 Å². The maximum atomic E-state index is 12.0. The predicted octanol–water partition coefficient (Wildman–Crippen LogP) is 3.07. The van der Waals surface area contributed by atoms with Crippen LogP contribution in [0.15, 0.2) is 46.0 Å². The SMILES string of the molecule is CN=C(NCCCNC(=O)c1occc1C)N(C)Cc1ccccc1Cl. The molecule has 0 unspecified atom stereocenters. The van der Waals surface area contributed by atoms with Gasteiger partial charge in [-0.05, 0) is 31.0 Å². The second kappa shape index (κ2) is 9.87. The Morgan fingerprint density at radius 2 is 1.96 bits per heavy atom. The van der Waals surface area contributed by atoms with Crippen LogP contribution in [0, 0.1) is 6.92 Å². The van der Waals surface area contributed by atoms with Crippen LogP contribution < -0.4 is 10.6 Å². The van der Waals surface area contributed by atoms with E-state index in [9.17, 15) is 4.79 Å². The maximum absolute atomic E-state index is 12.0. The topological polar surface area (TPSA) is 69.9 Å². The Balaban J connectivity index is 1.72. The molecule has 7 heteroatoms. The van der Waals surface area contributed by atoms with Crippen molar-refractivity contribution in [3.8, 4) is 0 Å². The number of aliphatic imine (C=N–C) groups is 1. The summed E-state index contributed by atoms with van der Waals surface area (Å²) in [6.07, 6.45) is 2.29. The maximum Gasteiger partial charge on any atom is 0.287 e. The van der Waals surface area contributed by atoms with Gasteiger partial charge in [0.05, 0.1) is 6.26 Å². The summed E-state index contributed by atoms with van der Waals surface area (Å²) >= 11 is 6.21. The van der Waals surface area contributed by atoms with Crippen molar-refractivity contribution in [2.45, 2.75) is 19.9 Å². The number of amides is 1. The Morgan fingerprint density at radius 3 is 2.62 bits per heavy atom. The summed E-state index contributed by atoms with van der Waals surface area (Å²) in [5.41, 5.74) is 1.88. The highest BCUT2D eigenvalue weighted by atomic mass is 35.5. The second-order valence-electron chi connectivity index (χ2n) is 5.96. The van der Waals surface area contributed by atoms with Gasteiger partial charge in [0.2, 0.25) is 0 Å². The van der Waals surface area contributed by atoms with Gasteiger partial charge in [0.25, 0.3) is 5.91 Å². The summed E-state index contributed by atoms with van der Waals surface area (Å²) in [6.45, 7) is 3.75. The standard InChI is InChI=1S/C19H25ClN4O2/c1-14-9-12-26-17(14)18(25)22-10-6-11-23-19(21-2)24(3)13-15-7-4-5-8-16(15)20/h4-5,7-9,12H,6,10-11,13H2,1-3H3,(H,21,23)(H,22,25). The molecule has 2 N–H and O–H groups in total. The molecule has 2 rings (SSSR count). The van der Waals surface area contributed by atoms with Crippen LogP contribution in [-0.2, 0) is 6.54 Å². The van der Waals surface area contributed by atoms with Crippen molar-refractivity contribution in [2.24, 2.45) is 4.99 Å². The van der Waals surface area contributed by atoms with E-state index in [1.165, 1.54) is 6.26 Å². The Bertz CT molecular complexity index is 758. The van der Waals surface area contributed by atoms with Crippen LogP contribution in [0.4, 0.5) is 0 Å². The zero-order valence-corrected chi connectivity index (χ0v) is 16.1. The Morgan fingerprint density at radius 1 is 1.23 bits per heavy atom. The molecule has 26 heavy (non-hydrogen) atoms. The van der Waals surface area contributed by atoms with Gasteiger partial charge in [-0.2, -0.15) is 0 Å². The van der Waals surface area contributed by atoms with E-state index in [1.807, 2.05) is 43.1 Å². The van der Waals surface area contributed by atoms with Gasteiger partial charge >= 0.3 is 0 Å². The van der Waals surface area contributed by atoms with Crippen LogP contribution in [0.2, 0.25) is 5.02 Å². The summed E-state index contributed by atoms with van der Waals surface area (Å²) in [5.74, 6) is 0.957. The van der Waals surface area contributed by atoms with Crippen molar-refractivity contribution in [3.05, 3.63) is 58.5 Å². The highest BCUT2D eigenvalue weighted by Gasteiger charge is 2.12. The third-order valence-corrected chi connectivity index (χ3v) is 4.30. The minimum absolute atomic E-state index is 0.187. The first-order valence-corrected chi connectivity index (χ1v) is 8.88. The van der Waals surface area contributed by atoms with E-state index in [2.05, 4.69) is 15.6 Å². The fraction of sp³-hybridized carbons (Fsp3) is 0.368. The molecule has 2 aromatic rings. The van der Waals surface area contributed by atoms with E-state index in [4.69, 9.17) is 16.0 Å². The zero-order chi connectivity index (χ0) is 18.9. The molecule has 0 fully saturated rings. The molecule has 1 aromatic carbocycles. The summed E-state index contributed by atoms with van der Waals surface area (Å²) in [7, 11) is 3.70. The van der Waals surface area contributed by atoms with Crippen molar-refractivity contribution >= 4 is 23.5 Å². The van der Waals surface area contributed by atoms with Gasteiger partial charge in [-0.15, -0.1) is 0 Å². The molecule has 0 bridgehead atoms. The van der Waals surface area contributed by atoms with Crippen molar-refractivity contribution < 1.29 is 9.21 Å². The van der Waals surface area contributed by atoms with E-state index in [0.717, 1.165) is 28.5 Å². The minimum Gasteiger partial charge on any atom is -0.459 e. The van der Waals surface area contributed by atoms with E-state index in [-0.39, 0.29) is 5.91 Å². The number of carbonyl (C=O) groups is 1. The van der Waals surface area contributed by atoms with E-state index in [1.54, 1.807) is 13.1 Å². The lowest BCUT2D eigenvalue weighted by molar-refractivity contribution is 0.0925. The zero-order valence-electron chi connectivity index (χ0n) is 15.4. The molecule has 0 spiro atoms. The number of benzene rings is 1. The molecule has 0 radical (unpaired) electrons. The third kappa shape index (κ3) is 5.52. The fourth-order valence-corrected chi connectivity index (χ4v) is 2.71. The van der Waals surface area contributed by atoms with Crippen molar-refractivity contribution in [2.75, 3.05) is 27.2 Å². The van der Waals surface area contributed by atoms with E-state index in [0.29, 0.717) is 25.4 Å². The van der Waals surface area contributed by atoms with E-state index < -0.39 is 0 Å². The molecule has 6 nitrogen and oxygen atoms in total. The van der Waals surface area contributed by atoms with Crippen LogP contribution in [0.5, 0.6) is 0 Å². The normalized spacial score (nSPS) is 11.3. The van der Waals surface area contributed by atoms with Crippen molar-refractivity contribution in [1.82, 2.24) is 15.5 Å². The smallest absolute Gasteiger partial charge is 0.287 e. The number of nitrogens with zero attached hydrogens (tertiary/aromatic N) is 2. The van der Waals surface area contributed by atoms with Crippen LogP contribution >= 0.6 is 11.6 Å². The van der Waals surface area contributed by atoms with Gasteiger partial charge in [0.1, 0.15) is 0 Å². The number of guanidine groups is 1. The quantitative estimate of drug-likeness (QED) is 0.442. The molecule has 1 aromatic heterocycles. The molecular weight excluding hydrogens is 352 g/mol. The molecular formula is C19H25ClN4O2. The minimum atomic E-state index is -0.187. The number of rotatable bonds is 7. The molecule has 0 atom stereocenters. The average molecular weight is 377 g/mol. The molecule has 1 amide bonds. The molecule has 0 aliphatic rings. The number of hydrogen-bond acceptors (Lipinski definition) is 3. The summed E-state index contributed by atoms with van der Waals surface area (Å²) < 4.78 is 5.17. The third-order valence-electron chi connectivity index (χ3n) is 3.93. The van der Waals surface area contributed by atoms with Gasteiger partial charge in [0, 0.05) is 44.3 Å². The first-order chi connectivity index (χ1) is 12.5. The van der Waals surface area contributed by atoms with Gasteiger partial charge < -0.3 is 20.0 Å². The monoisotopic (exact) mass is 376 g/mol.